The van der Waals surface area contributed by atoms with E-state index in [0.29, 0.717) is 6.42 Å². The number of rotatable bonds is 4. The van der Waals surface area contributed by atoms with Crippen molar-refractivity contribution in [1.82, 2.24) is 10.9 Å². The van der Waals surface area contributed by atoms with Gasteiger partial charge in [-0.25, -0.2) is 5.43 Å². The Hall–Kier alpha value is -1.14. The second-order valence-corrected chi connectivity index (χ2v) is 6.74. The molecule has 6 heteroatoms. The molecule has 1 saturated heterocycles. The summed E-state index contributed by atoms with van der Waals surface area (Å²) in [7, 11) is 0. The third-order valence-electron chi connectivity index (χ3n) is 4.89. The van der Waals surface area contributed by atoms with E-state index >= 15 is 0 Å². The van der Waals surface area contributed by atoms with Crippen molar-refractivity contribution in [3.8, 4) is 0 Å². The predicted octanol–water partition coefficient (Wildman–Crippen LogP) is 1.25. The Kier molecular flexibility index (Phi) is 4.68. The Morgan fingerprint density at radius 2 is 1.95 bits per heavy atom. The number of carbonyl (C=O) groups is 1. The molecule has 1 heterocycles. The molecule has 2 aliphatic rings. The van der Waals surface area contributed by atoms with Gasteiger partial charge < -0.3 is 10.2 Å². The first-order valence-corrected chi connectivity index (χ1v) is 8.11. The van der Waals surface area contributed by atoms with Crippen LogP contribution < -0.4 is 10.9 Å². The van der Waals surface area contributed by atoms with Gasteiger partial charge in [-0.15, -0.1) is 11.6 Å². The van der Waals surface area contributed by atoms with Crippen molar-refractivity contribution in [2.24, 2.45) is 5.92 Å². The fraction of sp³-hybridized carbons (Fsp3) is 0.562. The largest absolute Gasteiger partial charge is 0.480 e. The van der Waals surface area contributed by atoms with E-state index < -0.39 is 12.0 Å². The topological polar surface area (TPSA) is 81.6 Å². The summed E-state index contributed by atoms with van der Waals surface area (Å²) < 4.78 is 0. The lowest BCUT2D eigenvalue weighted by atomic mass is 9.73. The van der Waals surface area contributed by atoms with E-state index in [0.717, 1.165) is 24.0 Å². The van der Waals surface area contributed by atoms with Gasteiger partial charge in [0, 0.05) is 29.9 Å². The highest BCUT2D eigenvalue weighted by atomic mass is 35.5. The molecule has 2 fully saturated rings. The fourth-order valence-corrected chi connectivity index (χ4v) is 4.12. The van der Waals surface area contributed by atoms with Crippen molar-refractivity contribution in [2.75, 3.05) is 6.61 Å². The highest BCUT2D eigenvalue weighted by Gasteiger charge is 2.46. The minimum atomic E-state index is -0.815. The molecule has 1 aromatic rings. The zero-order chi connectivity index (χ0) is 15.7. The molecule has 0 aromatic heterocycles. The molecule has 1 saturated carbocycles. The molecule has 22 heavy (non-hydrogen) atoms. The first-order chi connectivity index (χ1) is 10.6. The molecule has 5 atom stereocenters. The number of alkyl halides is 1. The standard InChI is InChI=1S/C16H21ClN2O3/c17-13-8-14-12(15(16(21)22)19-18-14)7-11(13)10-3-1-9(2-4-10)5-6-20/h1-4,11-15,18-20H,5-8H2,(H,21,22). The minimum Gasteiger partial charge on any atom is -0.480 e. The van der Waals surface area contributed by atoms with E-state index in [1.165, 1.54) is 0 Å². The predicted molar refractivity (Wildman–Crippen MR) is 83.8 cm³/mol. The lowest BCUT2D eigenvalue weighted by Crippen LogP contribution is -2.41. The van der Waals surface area contributed by atoms with Gasteiger partial charge in [0.05, 0.1) is 0 Å². The Bertz CT molecular complexity index is 537. The maximum absolute atomic E-state index is 11.3. The molecule has 0 amide bonds. The maximum Gasteiger partial charge on any atom is 0.322 e. The van der Waals surface area contributed by atoms with Crippen LogP contribution in [0.2, 0.25) is 0 Å². The summed E-state index contributed by atoms with van der Waals surface area (Å²) in [6.07, 6.45) is 2.16. The Balaban J connectivity index is 1.77. The quantitative estimate of drug-likeness (QED) is 0.627. The SMILES string of the molecule is O=C(O)C1NNC2CC(Cl)C(c3ccc(CCO)cc3)CC21. The maximum atomic E-state index is 11.3. The monoisotopic (exact) mass is 324 g/mol. The van der Waals surface area contributed by atoms with Crippen LogP contribution in [0.1, 0.15) is 29.9 Å². The molecule has 0 bridgehead atoms. The third kappa shape index (κ3) is 2.99. The molecule has 5 nitrogen and oxygen atoms in total. The molecule has 0 spiro atoms. The number of aliphatic hydroxyl groups is 1. The second kappa shape index (κ2) is 6.54. The number of hydrazine groups is 1. The van der Waals surface area contributed by atoms with E-state index in [4.69, 9.17) is 16.7 Å². The van der Waals surface area contributed by atoms with Crippen LogP contribution >= 0.6 is 11.6 Å². The number of fused-ring (bicyclic) bond motifs is 1. The Morgan fingerprint density at radius 3 is 2.59 bits per heavy atom. The van der Waals surface area contributed by atoms with Gasteiger partial charge in [0.1, 0.15) is 6.04 Å². The summed E-state index contributed by atoms with van der Waals surface area (Å²) in [6.45, 7) is 0.141. The first-order valence-electron chi connectivity index (χ1n) is 7.67. The van der Waals surface area contributed by atoms with Crippen molar-refractivity contribution >= 4 is 17.6 Å². The number of aliphatic hydroxyl groups excluding tert-OH is 1. The van der Waals surface area contributed by atoms with Gasteiger partial charge in [0.15, 0.2) is 0 Å². The van der Waals surface area contributed by atoms with E-state index in [1.807, 2.05) is 12.1 Å². The second-order valence-electron chi connectivity index (χ2n) is 6.18. The number of carboxylic acids is 1. The van der Waals surface area contributed by atoms with Crippen LogP contribution in [-0.2, 0) is 11.2 Å². The molecule has 1 aliphatic heterocycles. The molecule has 0 radical (unpaired) electrons. The van der Waals surface area contributed by atoms with Crippen molar-refractivity contribution in [3.05, 3.63) is 35.4 Å². The summed E-state index contributed by atoms with van der Waals surface area (Å²) in [4.78, 5) is 11.3. The van der Waals surface area contributed by atoms with Crippen molar-refractivity contribution in [3.63, 3.8) is 0 Å². The van der Waals surface area contributed by atoms with E-state index in [1.54, 1.807) is 0 Å². The molecule has 1 aliphatic carbocycles. The minimum absolute atomic E-state index is 0.00760. The fourth-order valence-electron chi connectivity index (χ4n) is 3.68. The van der Waals surface area contributed by atoms with Gasteiger partial charge in [-0.3, -0.25) is 10.2 Å². The summed E-state index contributed by atoms with van der Waals surface area (Å²) in [5.74, 6) is -0.602. The van der Waals surface area contributed by atoms with Crippen LogP contribution in [0, 0.1) is 5.92 Å². The number of nitrogens with one attached hydrogen (secondary N) is 2. The van der Waals surface area contributed by atoms with Gasteiger partial charge in [0.2, 0.25) is 0 Å². The van der Waals surface area contributed by atoms with Gasteiger partial charge >= 0.3 is 5.97 Å². The van der Waals surface area contributed by atoms with E-state index in [9.17, 15) is 9.90 Å². The van der Waals surface area contributed by atoms with Crippen LogP contribution in [0.3, 0.4) is 0 Å². The summed E-state index contributed by atoms with van der Waals surface area (Å²) in [5, 5.41) is 18.3. The zero-order valence-corrected chi connectivity index (χ0v) is 13.0. The number of aliphatic carboxylic acids is 1. The van der Waals surface area contributed by atoms with Crippen LogP contribution in [0.5, 0.6) is 0 Å². The molecule has 120 valence electrons. The molecule has 3 rings (SSSR count). The summed E-state index contributed by atoms with van der Waals surface area (Å²) in [5.41, 5.74) is 8.20. The Labute approximate surface area is 134 Å². The van der Waals surface area contributed by atoms with Gasteiger partial charge in [0.25, 0.3) is 0 Å². The average Bonchev–Trinajstić information content (AvgIpc) is 2.90. The smallest absolute Gasteiger partial charge is 0.322 e. The Morgan fingerprint density at radius 1 is 1.23 bits per heavy atom. The number of hydrogen-bond donors (Lipinski definition) is 4. The van der Waals surface area contributed by atoms with Crippen molar-refractivity contribution in [2.45, 2.75) is 42.6 Å². The zero-order valence-electron chi connectivity index (χ0n) is 12.2. The molecular formula is C16H21ClN2O3. The van der Waals surface area contributed by atoms with Crippen LogP contribution in [0.15, 0.2) is 24.3 Å². The summed E-state index contributed by atoms with van der Waals surface area (Å²) in [6, 6.07) is 7.70. The van der Waals surface area contributed by atoms with Crippen LogP contribution in [0.25, 0.3) is 0 Å². The number of hydrogen-bond acceptors (Lipinski definition) is 4. The highest BCUT2D eigenvalue weighted by molar-refractivity contribution is 6.21. The van der Waals surface area contributed by atoms with E-state index in [2.05, 4.69) is 23.0 Å². The van der Waals surface area contributed by atoms with E-state index in [-0.39, 0.29) is 29.9 Å². The van der Waals surface area contributed by atoms with Crippen molar-refractivity contribution in [1.29, 1.82) is 0 Å². The molecular weight excluding hydrogens is 304 g/mol. The normalized spacial score (nSPS) is 34.4. The summed E-state index contributed by atoms with van der Waals surface area (Å²) >= 11 is 6.56. The lowest BCUT2D eigenvalue weighted by molar-refractivity contribution is -0.140. The van der Waals surface area contributed by atoms with Crippen LogP contribution in [0.4, 0.5) is 0 Å². The van der Waals surface area contributed by atoms with Gasteiger partial charge in [-0.1, -0.05) is 24.3 Å². The van der Waals surface area contributed by atoms with Crippen LogP contribution in [-0.4, -0.2) is 40.3 Å². The molecule has 5 unspecified atom stereocenters. The van der Waals surface area contributed by atoms with Gasteiger partial charge in [-0.2, -0.15) is 0 Å². The molecule has 1 aromatic carbocycles. The average molecular weight is 325 g/mol. The highest BCUT2D eigenvalue weighted by Crippen LogP contribution is 2.42. The lowest BCUT2D eigenvalue weighted by Gasteiger charge is -2.36. The van der Waals surface area contributed by atoms with Crippen molar-refractivity contribution < 1.29 is 15.0 Å². The number of benzene rings is 1. The number of halogens is 1. The van der Waals surface area contributed by atoms with Gasteiger partial charge in [-0.05, 0) is 30.4 Å². The first kappa shape index (κ1) is 15.7. The third-order valence-corrected chi connectivity index (χ3v) is 5.37. The number of carboxylic acid groups (broad SMARTS) is 1. The molecule has 4 N–H and O–H groups in total.